The fourth-order valence-electron chi connectivity index (χ4n) is 4.21. The first-order valence-electron chi connectivity index (χ1n) is 11.8. The molecule has 0 spiro atoms. The van der Waals surface area contributed by atoms with Crippen molar-refractivity contribution in [3.05, 3.63) is 40.5 Å². The zero-order valence-corrected chi connectivity index (χ0v) is 20.7. The van der Waals surface area contributed by atoms with E-state index in [1.54, 1.807) is 13.3 Å². The first-order valence-corrected chi connectivity index (χ1v) is 12.2. The maximum Gasteiger partial charge on any atom is 0.404 e. The number of amides is 1. The lowest BCUT2D eigenvalue weighted by molar-refractivity contribution is 0.150. The number of hydrogen-bond acceptors (Lipinski definition) is 7. The van der Waals surface area contributed by atoms with Gasteiger partial charge < -0.3 is 30.7 Å². The number of fused-ring (bicyclic) bond motifs is 1. The van der Waals surface area contributed by atoms with Gasteiger partial charge in [-0.2, -0.15) is 4.98 Å². The van der Waals surface area contributed by atoms with Crippen molar-refractivity contribution in [3.8, 4) is 0 Å². The normalized spacial score (nSPS) is 16.1. The first kappa shape index (κ1) is 26.0. The summed E-state index contributed by atoms with van der Waals surface area (Å²) in [5.41, 5.74) is 3.84. The fraction of sp³-hybridized carbons (Fsp3) is 0.542. The Balaban J connectivity index is 0.000000588. The lowest BCUT2D eigenvalue weighted by Crippen LogP contribution is -2.29. The van der Waals surface area contributed by atoms with Crippen LogP contribution in [0.5, 0.6) is 0 Å². The van der Waals surface area contributed by atoms with E-state index in [1.807, 2.05) is 5.32 Å². The molecule has 1 amide bonds. The zero-order chi connectivity index (χ0) is 24.3. The van der Waals surface area contributed by atoms with Gasteiger partial charge in [-0.25, -0.2) is 9.78 Å². The van der Waals surface area contributed by atoms with Gasteiger partial charge >= 0.3 is 6.09 Å². The quantitative estimate of drug-likeness (QED) is 0.457. The van der Waals surface area contributed by atoms with E-state index in [1.165, 1.54) is 43.9 Å². The summed E-state index contributed by atoms with van der Waals surface area (Å²) in [7, 11) is 3.11. The Labute approximate surface area is 206 Å². The Morgan fingerprint density at radius 3 is 2.62 bits per heavy atom. The lowest BCUT2D eigenvalue weighted by Gasteiger charge is -2.18. The summed E-state index contributed by atoms with van der Waals surface area (Å²) in [6, 6.07) is 7.04. The van der Waals surface area contributed by atoms with Crippen molar-refractivity contribution in [2.75, 3.05) is 51.0 Å². The topological polar surface area (TPSA) is 112 Å². The first-order chi connectivity index (χ1) is 16.5. The number of halogens is 1. The van der Waals surface area contributed by atoms with E-state index in [2.05, 4.69) is 43.7 Å². The zero-order valence-electron chi connectivity index (χ0n) is 19.9. The van der Waals surface area contributed by atoms with E-state index in [4.69, 9.17) is 21.4 Å². The van der Waals surface area contributed by atoms with Crippen molar-refractivity contribution >= 4 is 35.1 Å². The Bertz CT molecular complexity index is 939. The summed E-state index contributed by atoms with van der Waals surface area (Å²) in [4.78, 5) is 20.7. The summed E-state index contributed by atoms with van der Waals surface area (Å²) >= 11 is 6.31. The Hall–Kier alpha value is -2.62. The molecule has 0 radical (unpaired) electrons. The molecule has 1 aliphatic carbocycles. The van der Waals surface area contributed by atoms with Crippen molar-refractivity contribution in [1.82, 2.24) is 20.2 Å². The molecule has 34 heavy (non-hydrogen) atoms. The fourth-order valence-corrected chi connectivity index (χ4v) is 4.36. The molecule has 1 aromatic heterocycles. The smallest absolute Gasteiger partial charge is 0.404 e. The molecule has 2 heterocycles. The molecule has 1 aromatic carbocycles. The van der Waals surface area contributed by atoms with Gasteiger partial charge in [0.2, 0.25) is 5.95 Å². The minimum absolute atomic E-state index is 0.462. The number of anilines is 3. The van der Waals surface area contributed by atoms with Gasteiger partial charge in [0, 0.05) is 45.5 Å². The molecular weight excluding hydrogens is 456 g/mol. The highest BCUT2D eigenvalue weighted by Crippen LogP contribution is 2.27. The summed E-state index contributed by atoms with van der Waals surface area (Å²) in [6.45, 7) is 3.92. The standard InChI is InChI=1S/C22H30ClN5O.C2H5NO2/c1-29-13-12-28-10-8-16-6-7-19(14-17(16)9-11-28)26-22-24-15-20(23)21(27-22)25-18-4-2-3-5-18;1-3-2(4)5/h6-7,14-15,18H,2-5,8-13H2,1H3,(H2,24,25,26,27);3H,1H3,(H,4,5). The van der Waals surface area contributed by atoms with E-state index in [-0.39, 0.29) is 0 Å². The van der Waals surface area contributed by atoms with Crippen molar-refractivity contribution in [1.29, 1.82) is 0 Å². The van der Waals surface area contributed by atoms with Gasteiger partial charge in [0.25, 0.3) is 0 Å². The van der Waals surface area contributed by atoms with Crippen LogP contribution in [0.1, 0.15) is 36.8 Å². The molecule has 0 saturated heterocycles. The number of carbonyl (C=O) groups is 1. The molecule has 10 heteroatoms. The molecule has 2 aliphatic rings. The van der Waals surface area contributed by atoms with Crippen LogP contribution >= 0.6 is 11.6 Å². The minimum Gasteiger partial charge on any atom is -0.465 e. The number of nitrogens with one attached hydrogen (secondary N) is 3. The molecule has 1 fully saturated rings. The highest BCUT2D eigenvalue weighted by molar-refractivity contribution is 6.32. The third-order valence-electron chi connectivity index (χ3n) is 6.12. The minimum atomic E-state index is -0.995. The van der Waals surface area contributed by atoms with Gasteiger partial charge in [0.05, 0.1) is 12.8 Å². The molecule has 4 N–H and O–H groups in total. The average Bonchev–Trinajstić information content (AvgIpc) is 3.26. The highest BCUT2D eigenvalue weighted by Gasteiger charge is 2.18. The molecular formula is C24H35ClN6O3. The molecule has 1 saturated carbocycles. The second-order valence-corrected chi connectivity index (χ2v) is 8.92. The number of carboxylic acid groups (broad SMARTS) is 1. The van der Waals surface area contributed by atoms with Crippen molar-refractivity contribution in [2.45, 2.75) is 44.6 Å². The van der Waals surface area contributed by atoms with Crippen LogP contribution in [-0.4, -0.2) is 72.5 Å². The van der Waals surface area contributed by atoms with Crippen LogP contribution in [0, 0.1) is 0 Å². The number of rotatable bonds is 7. The summed E-state index contributed by atoms with van der Waals surface area (Å²) < 4.78 is 5.23. The Morgan fingerprint density at radius 2 is 1.94 bits per heavy atom. The second-order valence-electron chi connectivity index (χ2n) is 8.51. The van der Waals surface area contributed by atoms with Crippen LogP contribution < -0.4 is 16.0 Å². The number of benzene rings is 1. The molecule has 0 unspecified atom stereocenters. The SMILES string of the molecule is CNC(=O)O.COCCN1CCc2ccc(Nc3ncc(Cl)c(NC4CCCC4)n3)cc2CC1. The van der Waals surface area contributed by atoms with E-state index in [9.17, 15) is 4.79 Å². The van der Waals surface area contributed by atoms with E-state index in [0.29, 0.717) is 17.0 Å². The molecule has 1 aliphatic heterocycles. The van der Waals surface area contributed by atoms with Crippen molar-refractivity contribution in [3.63, 3.8) is 0 Å². The molecule has 4 rings (SSSR count). The summed E-state index contributed by atoms with van der Waals surface area (Å²) in [5.74, 6) is 1.30. The summed E-state index contributed by atoms with van der Waals surface area (Å²) in [6.07, 6.45) is 7.68. The molecule has 186 valence electrons. The largest absolute Gasteiger partial charge is 0.465 e. The molecule has 0 atom stereocenters. The average molecular weight is 491 g/mol. The van der Waals surface area contributed by atoms with Crippen molar-refractivity contribution in [2.24, 2.45) is 0 Å². The second kappa shape index (κ2) is 13.3. The van der Waals surface area contributed by atoms with Crippen LogP contribution in [0.25, 0.3) is 0 Å². The van der Waals surface area contributed by atoms with Crippen LogP contribution in [0.2, 0.25) is 5.02 Å². The number of aromatic nitrogens is 2. The highest BCUT2D eigenvalue weighted by atomic mass is 35.5. The van der Waals surface area contributed by atoms with Gasteiger partial charge in [-0.1, -0.05) is 30.5 Å². The van der Waals surface area contributed by atoms with Crippen LogP contribution in [0.15, 0.2) is 24.4 Å². The number of methoxy groups -OCH3 is 1. The predicted octanol–water partition coefficient (Wildman–Crippen LogP) is 4.16. The van der Waals surface area contributed by atoms with Gasteiger partial charge in [-0.05, 0) is 48.9 Å². The van der Waals surface area contributed by atoms with Crippen LogP contribution in [0.4, 0.5) is 22.2 Å². The third kappa shape index (κ3) is 8.00. The van der Waals surface area contributed by atoms with Gasteiger partial charge in [-0.3, -0.25) is 0 Å². The maximum absolute atomic E-state index is 9.26. The number of hydrogen-bond donors (Lipinski definition) is 4. The van der Waals surface area contributed by atoms with Crippen molar-refractivity contribution < 1.29 is 14.6 Å². The predicted molar refractivity (Wildman–Crippen MR) is 135 cm³/mol. The maximum atomic E-state index is 9.26. The van der Waals surface area contributed by atoms with Gasteiger partial charge in [-0.15, -0.1) is 0 Å². The van der Waals surface area contributed by atoms with E-state index >= 15 is 0 Å². The molecule has 9 nitrogen and oxygen atoms in total. The van der Waals surface area contributed by atoms with E-state index < -0.39 is 6.09 Å². The number of ether oxygens (including phenoxy) is 1. The Kier molecular flexibility index (Phi) is 10.2. The van der Waals surface area contributed by atoms with Gasteiger partial charge in [0.15, 0.2) is 5.82 Å². The van der Waals surface area contributed by atoms with Crippen LogP contribution in [-0.2, 0) is 17.6 Å². The molecule has 0 bridgehead atoms. The summed E-state index contributed by atoms with van der Waals surface area (Å²) in [5, 5.41) is 17.0. The van der Waals surface area contributed by atoms with Gasteiger partial charge in [0.1, 0.15) is 5.02 Å². The third-order valence-corrected chi connectivity index (χ3v) is 6.40. The Morgan fingerprint density at radius 1 is 1.24 bits per heavy atom. The number of nitrogens with zero attached hydrogens (tertiary/aromatic N) is 3. The van der Waals surface area contributed by atoms with E-state index in [0.717, 1.165) is 50.6 Å². The lowest BCUT2D eigenvalue weighted by atomic mass is 10.0. The van der Waals surface area contributed by atoms with Crippen LogP contribution in [0.3, 0.4) is 0 Å². The monoisotopic (exact) mass is 490 g/mol. The molecule has 2 aromatic rings.